The molecule has 0 saturated carbocycles. The van der Waals surface area contributed by atoms with Gasteiger partial charge in [-0.3, -0.25) is 4.99 Å². The van der Waals surface area contributed by atoms with Crippen LogP contribution in [0.4, 0.5) is 5.69 Å². The van der Waals surface area contributed by atoms with Gasteiger partial charge >= 0.3 is 0 Å². The molecule has 0 atom stereocenters. The molecule has 2 heteroatoms. The monoisotopic (exact) mass is 301 g/mol. The van der Waals surface area contributed by atoms with Gasteiger partial charge in [0.15, 0.2) is 0 Å². The molecule has 0 aliphatic carbocycles. The summed E-state index contributed by atoms with van der Waals surface area (Å²) < 4.78 is 5.94. The summed E-state index contributed by atoms with van der Waals surface area (Å²) in [6.45, 7) is 2.62. The normalized spacial score (nSPS) is 10.8. The smallest absolute Gasteiger partial charge is 0.128 e. The molecule has 0 fully saturated rings. The molecule has 0 saturated heterocycles. The molecule has 0 aromatic heterocycles. The van der Waals surface area contributed by atoms with Crippen molar-refractivity contribution in [1.82, 2.24) is 0 Å². The Hall–Kier alpha value is -2.87. The van der Waals surface area contributed by atoms with E-state index < -0.39 is 0 Å². The zero-order chi connectivity index (χ0) is 15.9. The summed E-state index contributed by atoms with van der Waals surface area (Å²) in [7, 11) is 0. The average Bonchev–Trinajstić information content (AvgIpc) is 2.61. The Morgan fingerprint density at radius 1 is 0.826 bits per heavy atom. The van der Waals surface area contributed by atoms with Gasteiger partial charge in [0.25, 0.3) is 0 Å². The van der Waals surface area contributed by atoms with Crippen LogP contribution in [0.25, 0.3) is 0 Å². The van der Waals surface area contributed by atoms with Crippen molar-refractivity contribution >= 4 is 11.9 Å². The SMILES string of the molecule is Cc1ccc(N=Cc2ccccc2OCc2ccccc2)cc1. The number of ether oxygens (including phenoxy) is 1. The van der Waals surface area contributed by atoms with Crippen molar-refractivity contribution in [2.75, 3.05) is 0 Å². The minimum absolute atomic E-state index is 0.552. The molecule has 114 valence electrons. The number of hydrogen-bond acceptors (Lipinski definition) is 2. The van der Waals surface area contributed by atoms with Gasteiger partial charge in [-0.15, -0.1) is 0 Å². The maximum absolute atomic E-state index is 5.94. The molecule has 3 aromatic rings. The summed E-state index contributed by atoms with van der Waals surface area (Å²) in [6, 6.07) is 26.3. The average molecular weight is 301 g/mol. The first-order valence-electron chi connectivity index (χ1n) is 7.68. The predicted octanol–water partition coefficient (Wildman–Crippen LogP) is 5.32. The quantitative estimate of drug-likeness (QED) is 0.584. The molecule has 3 rings (SSSR count). The number of rotatable bonds is 5. The molecule has 0 bridgehead atoms. The summed E-state index contributed by atoms with van der Waals surface area (Å²) >= 11 is 0. The van der Waals surface area contributed by atoms with Crippen molar-refractivity contribution in [2.45, 2.75) is 13.5 Å². The highest BCUT2D eigenvalue weighted by Gasteiger charge is 2.01. The highest BCUT2D eigenvalue weighted by Crippen LogP contribution is 2.19. The maximum Gasteiger partial charge on any atom is 0.128 e. The van der Waals surface area contributed by atoms with Crippen LogP contribution in [0.1, 0.15) is 16.7 Å². The minimum atomic E-state index is 0.552. The summed E-state index contributed by atoms with van der Waals surface area (Å²) in [6.07, 6.45) is 1.85. The zero-order valence-corrected chi connectivity index (χ0v) is 13.1. The lowest BCUT2D eigenvalue weighted by molar-refractivity contribution is 0.306. The van der Waals surface area contributed by atoms with Crippen molar-refractivity contribution < 1.29 is 4.74 Å². The number of benzene rings is 3. The molecular weight excluding hydrogens is 282 g/mol. The van der Waals surface area contributed by atoms with E-state index in [1.165, 1.54) is 5.56 Å². The molecule has 3 aromatic carbocycles. The Balaban J connectivity index is 1.73. The lowest BCUT2D eigenvalue weighted by Gasteiger charge is -2.09. The van der Waals surface area contributed by atoms with Gasteiger partial charge in [0.2, 0.25) is 0 Å². The molecule has 0 radical (unpaired) electrons. The molecule has 23 heavy (non-hydrogen) atoms. The van der Waals surface area contributed by atoms with Crippen molar-refractivity contribution in [3.63, 3.8) is 0 Å². The maximum atomic E-state index is 5.94. The van der Waals surface area contributed by atoms with E-state index in [2.05, 4.69) is 36.2 Å². The lowest BCUT2D eigenvalue weighted by atomic mass is 10.2. The standard InChI is InChI=1S/C21H19NO/c1-17-11-13-20(14-12-17)22-15-19-9-5-6-10-21(19)23-16-18-7-3-2-4-8-18/h2-15H,16H2,1H3. The highest BCUT2D eigenvalue weighted by molar-refractivity contribution is 5.85. The van der Waals surface area contributed by atoms with E-state index in [1.54, 1.807) is 0 Å². The topological polar surface area (TPSA) is 21.6 Å². The fraction of sp³-hybridized carbons (Fsp3) is 0.0952. The number of hydrogen-bond donors (Lipinski definition) is 0. The number of aryl methyl sites for hydroxylation is 1. The van der Waals surface area contributed by atoms with Crippen molar-refractivity contribution in [3.05, 3.63) is 95.6 Å². The lowest BCUT2D eigenvalue weighted by Crippen LogP contribution is -1.97. The molecule has 0 aliphatic heterocycles. The van der Waals surface area contributed by atoms with E-state index in [-0.39, 0.29) is 0 Å². The van der Waals surface area contributed by atoms with Gasteiger partial charge < -0.3 is 4.74 Å². The molecule has 0 unspecified atom stereocenters. The third-order valence-electron chi connectivity index (χ3n) is 3.54. The van der Waals surface area contributed by atoms with Crippen molar-refractivity contribution in [2.24, 2.45) is 4.99 Å². The van der Waals surface area contributed by atoms with E-state index >= 15 is 0 Å². The van der Waals surface area contributed by atoms with Gasteiger partial charge in [-0.05, 0) is 36.8 Å². The van der Waals surface area contributed by atoms with Crippen LogP contribution >= 0.6 is 0 Å². The van der Waals surface area contributed by atoms with Gasteiger partial charge in [-0.25, -0.2) is 0 Å². The number of para-hydroxylation sites is 1. The summed E-state index contributed by atoms with van der Waals surface area (Å²) in [5.74, 6) is 0.840. The summed E-state index contributed by atoms with van der Waals surface area (Å²) in [5, 5.41) is 0. The van der Waals surface area contributed by atoms with Crippen LogP contribution in [0.2, 0.25) is 0 Å². The molecule has 0 heterocycles. The van der Waals surface area contributed by atoms with E-state index in [0.717, 1.165) is 22.6 Å². The van der Waals surface area contributed by atoms with Gasteiger partial charge in [-0.2, -0.15) is 0 Å². The van der Waals surface area contributed by atoms with E-state index in [0.29, 0.717) is 6.61 Å². The fourth-order valence-corrected chi connectivity index (χ4v) is 2.23. The van der Waals surface area contributed by atoms with Gasteiger partial charge in [0.05, 0.1) is 5.69 Å². The molecule has 0 amide bonds. The van der Waals surface area contributed by atoms with Crippen LogP contribution in [-0.2, 0) is 6.61 Å². The van der Waals surface area contributed by atoms with Crippen molar-refractivity contribution in [3.8, 4) is 5.75 Å². The Kier molecular flexibility index (Phi) is 4.85. The second-order valence-corrected chi connectivity index (χ2v) is 5.41. The third-order valence-corrected chi connectivity index (χ3v) is 3.54. The fourth-order valence-electron chi connectivity index (χ4n) is 2.23. The minimum Gasteiger partial charge on any atom is -0.488 e. The van der Waals surface area contributed by atoms with Gasteiger partial charge in [0, 0.05) is 11.8 Å². The van der Waals surface area contributed by atoms with Gasteiger partial charge in [-0.1, -0.05) is 60.2 Å². The summed E-state index contributed by atoms with van der Waals surface area (Å²) in [5.41, 5.74) is 4.30. The van der Waals surface area contributed by atoms with Crippen LogP contribution in [0, 0.1) is 6.92 Å². The number of nitrogens with zero attached hydrogens (tertiary/aromatic N) is 1. The molecule has 0 spiro atoms. The zero-order valence-electron chi connectivity index (χ0n) is 13.1. The van der Waals surface area contributed by atoms with Crippen molar-refractivity contribution in [1.29, 1.82) is 0 Å². The third kappa shape index (κ3) is 4.30. The predicted molar refractivity (Wildman–Crippen MR) is 95.6 cm³/mol. The van der Waals surface area contributed by atoms with Crippen LogP contribution in [0.15, 0.2) is 83.9 Å². The highest BCUT2D eigenvalue weighted by atomic mass is 16.5. The largest absolute Gasteiger partial charge is 0.488 e. The van der Waals surface area contributed by atoms with E-state index in [1.807, 2.05) is 60.8 Å². The molecule has 2 nitrogen and oxygen atoms in total. The Labute approximate surface area is 137 Å². The molecular formula is C21H19NO. The molecule has 0 aliphatic rings. The van der Waals surface area contributed by atoms with Crippen LogP contribution in [0.5, 0.6) is 5.75 Å². The van der Waals surface area contributed by atoms with E-state index in [4.69, 9.17) is 4.74 Å². The first-order valence-corrected chi connectivity index (χ1v) is 7.68. The second kappa shape index (κ2) is 7.41. The van der Waals surface area contributed by atoms with Crippen LogP contribution in [-0.4, -0.2) is 6.21 Å². The van der Waals surface area contributed by atoms with Gasteiger partial charge in [0.1, 0.15) is 12.4 Å². The first-order chi connectivity index (χ1) is 11.3. The van der Waals surface area contributed by atoms with E-state index in [9.17, 15) is 0 Å². The Morgan fingerprint density at radius 2 is 1.52 bits per heavy atom. The number of aliphatic imine (C=N–C) groups is 1. The summed E-state index contributed by atoms with van der Waals surface area (Å²) in [4.78, 5) is 4.53. The Morgan fingerprint density at radius 3 is 2.30 bits per heavy atom. The van der Waals surface area contributed by atoms with Crippen LogP contribution < -0.4 is 4.74 Å². The second-order valence-electron chi connectivity index (χ2n) is 5.41. The van der Waals surface area contributed by atoms with Crippen LogP contribution in [0.3, 0.4) is 0 Å². The molecule has 0 N–H and O–H groups in total. The first kappa shape index (κ1) is 15.0. The Bertz CT molecular complexity index is 776.